The van der Waals surface area contributed by atoms with Gasteiger partial charge in [0.1, 0.15) is 12.2 Å². The molecule has 3 aromatic rings. The summed E-state index contributed by atoms with van der Waals surface area (Å²) in [5.74, 6) is 1.75. The summed E-state index contributed by atoms with van der Waals surface area (Å²) in [4.78, 5) is 40.6. The Morgan fingerprint density at radius 2 is 1.62 bits per heavy atom. The molecule has 45 heavy (non-hydrogen) atoms. The SMILES string of the molecule is CCOc1cc(/C=C2\C(=O)NC(=O)N(c3ccc(C45CC6CC(CC(C6)C4)C5)cc3)C2=O)cc(Cl)c1OCc1cccc(C)c1. The quantitative estimate of drug-likeness (QED) is 0.205. The van der Waals surface area contributed by atoms with Crippen LogP contribution in [0.2, 0.25) is 5.02 Å². The molecule has 4 aliphatic carbocycles. The van der Waals surface area contributed by atoms with Crippen LogP contribution in [0.5, 0.6) is 11.5 Å². The third-order valence-corrected chi connectivity index (χ3v) is 10.3. The van der Waals surface area contributed by atoms with Gasteiger partial charge in [0, 0.05) is 0 Å². The number of imide groups is 2. The molecule has 1 N–H and O–H groups in total. The van der Waals surface area contributed by atoms with Crippen LogP contribution in [0, 0.1) is 24.7 Å². The van der Waals surface area contributed by atoms with Crippen LogP contribution >= 0.6 is 11.6 Å². The van der Waals surface area contributed by atoms with E-state index in [0.717, 1.165) is 33.8 Å². The third-order valence-electron chi connectivity index (χ3n) is 9.99. The van der Waals surface area contributed by atoms with E-state index in [1.807, 2.05) is 50.2 Å². The maximum atomic E-state index is 13.7. The van der Waals surface area contributed by atoms with Gasteiger partial charge in [0.2, 0.25) is 0 Å². The van der Waals surface area contributed by atoms with Crippen LogP contribution in [0.15, 0.2) is 66.2 Å². The molecule has 1 aliphatic heterocycles. The van der Waals surface area contributed by atoms with Gasteiger partial charge in [-0.25, -0.2) is 9.69 Å². The number of carbonyl (C=O) groups excluding carboxylic acids is 3. The number of aryl methyl sites for hydroxylation is 1. The average Bonchev–Trinajstić information content (AvgIpc) is 2.99. The van der Waals surface area contributed by atoms with Crippen molar-refractivity contribution < 1.29 is 23.9 Å². The lowest BCUT2D eigenvalue weighted by molar-refractivity contribution is -0.122. The van der Waals surface area contributed by atoms with Crippen molar-refractivity contribution in [3.63, 3.8) is 0 Å². The van der Waals surface area contributed by atoms with E-state index in [9.17, 15) is 14.4 Å². The highest BCUT2D eigenvalue weighted by molar-refractivity contribution is 6.39. The number of hydrogen-bond donors (Lipinski definition) is 1. The first-order valence-electron chi connectivity index (χ1n) is 15.9. The zero-order valence-electron chi connectivity index (χ0n) is 25.6. The maximum absolute atomic E-state index is 13.7. The number of benzene rings is 3. The molecule has 8 rings (SSSR count). The van der Waals surface area contributed by atoms with Crippen molar-refractivity contribution in [1.29, 1.82) is 0 Å². The Morgan fingerprint density at radius 1 is 0.933 bits per heavy atom. The number of nitrogens with one attached hydrogen (secondary N) is 1. The Kier molecular flexibility index (Phi) is 7.68. The highest BCUT2D eigenvalue weighted by Crippen LogP contribution is 2.60. The Balaban J connectivity index is 1.14. The highest BCUT2D eigenvalue weighted by atomic mass is 35.5. The van der Waals surface area contributed by atoms with Gasteiger partial charge in [0.05, 0.1) is 17.3 Å². The molecule has 0 spiro atoms. The molecule has 0 unspecified atom stereocenters. The van der Waals surface area contributed by atoms with Crippen molar-refractivity contribution in [2.75, 3.05) is 11.5 Å². The first-order chi connectivity index (χ1) is 21.7. The second-order valence-corrected chi connectivity index (χ2v) is 13.7. The zero-order valence-corrected chi connectivity index (χ0v) is 26.4. The van der Waals surface area contributed by atoms with Crippen molar-refractivity contribution >= 4 is 41.2 Å². The number of barbiturate groups is 1. The van der Waals surface area contributed by atoms with Crippen molar-refractivity contribution in [3.8, 4) is 11.5 Å². The van der Waals surface area contributed by atoms with Crippen LogP contribution in [0.4, 0.5) is 10.5 Å². The van der Waals surface area contributed by atoms with Gasteiger partial charge in [0.25, 0.3) is 11.8 Å². The van der Waals surface area contributed by atoms with Crippen LogP contribution in [0.3, 0.4) is 0 Å². The molecular weight excluding hydrogens is 588 g/mol. The molecule has 4 saturated carbocycles. The van der Waals surface area contributed by atoms with Crippen molar-refractivity contribution in [2.24, 2.45) is 17.8 Å². The molecule has 1 heterocycles. The number of hydrogen-bond acceptors (Lipinski definition) is 5. The second kappa shape index (κ2) is 11.7. The monoisotopic (exact) mass is 624 g/mol. The van der Waals surface area contributed by atoms with Gasteiger partial charge in [0.15, 0.2) is 11.5 Å². The number of anilines is 1. The highest BCUT2D eigenvalue weighted by Gasteiger charge is 2.51. The Labute approximate surface area is 268 Å². The van der Waals surface area contributed by atoms with Gasteiger partial charge in [-0.2, -0.15) is 0 Å². The summed E-state index contributed by atoms with van der Waals surface area (Å²) in [6.07, 6.45) is 9.20. The van der Waals surface area contributed by atoms with Gasteiger partial charge in [-0.1, -0.05) is 53.6 Å². The molecule has 4 amide bonds. The number of halogens is 1. The van der Waals surface area contributed by atoms with Crippen LogP contribution in [-0.4, -0.2) is 24.5 Å². The molecular formula is C37H37ClN2O5. The fraction of sp³-hybridized carbons (Fsp3) is 0.378. The van der Waals surface area contributed by atoms with Crippen LogP contribution in [0.25, 0.3) is 6.08 Å². The zero-order chi connectivity index (χ0) is 31.3. The van der Waals surface area contributed by atoms with Crippen LogP contribution in [0.1, 0.15) is 67.7 Å². The number of nitrogens with zero attached hydrogens (tertiary/aromatic N) is 1. The molecule has 4 bridgehead atoms. The first-order valence-corrected chi connectivity index (χ1v) is 16.3. The number of amides is 4. The van der Waals surface area contributed by atoms with E-state index in [4.69, 9.17) is 21.1 Å². The predicted octanol–water partition coefficient (Wildman–Crippen LogP) is 7.76. The van der Waals surface area contributed by atoms with E-state index in [1.165, 1.54) is 50.2 Å². The maximum Gasteiger partial charge on any atom is 0.335 e. The molecule has 3 aromatic carbocycles. The molecule has 232 valence electrons. The predicted molar refractivity (Wildman–Crippen MR) is 173 cm³/mol. The van der Waals surface area contributed by atoms with Gasteiger partial charge >= 0.3 is 6.03 Å². The Bertz CT molecular complexity index is 1680. The minimum Gasteiger partial charge on any atom is -0.490 e. The fourth-order valence-corrected chi connectivity index (χ4v) is 8.79. The van der Waals surface area contributed by atoms with E-state index in [-0.39, 0.29) is 16.0 Å². The lowest BCUT2D eigenvalue weighted by Gasteiger charge is -2.57. The van der Waals surface area contributed by atoms with Crippen molar-refractivity contribution in [1.82, 2.24) is 5.32 Å². The van der Waals surface area contributed by atoms with Crippen molar-refractivity contribution in [3.05, 3.63) is 93.5 Å². The smallest absolute Gasteiger partial charge is 0.335 e. The van der Waals surface area contributed by atoms with E-state index < -0.39 is 17.8 Å². The number of ether oxygens (including phenoxy) is 2. The van der Waals surface area contributed by atoms with Crippen LogP contribution in [-0.2, 0) is 21.6 Å². The Hall–Kier alpha value is -4.10. The van der Waals surface area contributed by atoms with Crippen LogP contribution < -0.4 is 19.7 Å². The summed E-state index contributed by atoms with van der Waals surface area (Å²) in [6, 6.07) is 18.3. The van der Waals surface area contributed by atoms with Gasteiger partial charge < -0.3 is 9.47 Å². The number of urea groups is 1. The van der Waals surface area contributed by atoms with Gasteiger partial charge in [-0.15, -0.1) is 0 Å². The number of rotatable bonds is 8. The van der Waals surface area contributed by atoms with E-state index in [1.54, 1.807) is 12.1 Å². The number of carbonyl (C=O) groups is 3. The lowest BCUT2D eigenvalue weighted by atomic mass is 9.48. The van der Waals surface area contributed by atoms with Gasteiger partial charge in [-0.3, -0.25) is 14.9 Å². The van der Waals surface area contributed by atoms with E-state index >= 15 is 0 Å². The molecule has 5 aliphatic rings. The fourth-order valence-electron chi connectivity index (χ4n) is 8.52. The third kappa shape index (κ3) is 5.63. The standard InChI is InChI=1S/C37H37ClN2O5/c1-3-44-32-17-24(16-31(38)33(32)45-21-23-6-4-5-22(2)11-23)15-30-34(41)39-36(43)40(35(30)42)29-9-7-28(8-10-29)37-18-25-12-26(19-37)14-27(13-25)20-37/h4-11,15-17,25-27H,3,12-14,18-21H2,1-2H3,(H,39,41,43)/b30-15+. The van der Waals surface area contributed by atoms with Gasteiger partial charge in [-0.05, 0) is 123 Å². The molecule has 0 atom stereocenters. The summed E-state index contributed by atoms with van der Waals surface area (Å²) in [5, 5.41) is 2.61. The molecule has 7 nitrogen and oxygen atoms in total. The molecule has 8 heteroatoms. The lowest BCUT2D eigenvalue weighted by Crippen LogP contribution is -2.54. The summed E-state index contributed by atoms with van der Waals surface area (Å²) >= 11 is 6.65. The minimum absolute atomic E-state index is 0.174. The first kappa shape index (κ1) is 29.6. The van der Waals surface area contributed by atoms with E-state index in [2.05, 4.69) is 17.4 Å². The Morgan fingerprint density at radius 3 is 2.27 bits per heavy atom. The molecule has 0 aromatic heterocycles. The largest absolute Gasteiger partial charge is 0.490 e. The van der Waals surface area contributed by atoms with E-state index in [0.29, 0.717) is 36.0 Å². The summed E-state index contributed by atoms with van der Waals surface area (Å²) in [6.45, 7) is 4.51. The molecule has 0 radical (unpaired) electrons. The summed E-state index contributed by atoms with van der Waals surface area (Å²) in [5.41, 5.74) is 4.33. The van der Waals surface area contributed by atoms with Crippen molar-refractivity contribution in [2.45, 2.75) is 64.4 Å². The average molecular weight is 625 g/mol. The topological polar surface area (TPSA) is 84.9 Å². The summed E-state index contributed by atoms with van der Waals surface area (Å²) in [7, 11) is 0. The summed E-state index contributed by atoms with van der Waals surface area (Å²) < 4.78 is 11.9. The molecule has 5 fully saturated rings. The second-order valence-electron chi connectivity index (χ2n) is 13.2. The minimum atomic E-state index is -0.766. The molecule has 1 saturated heterocycles. The normalized spacial score (nSPS) is 26.4.